The van der Waals surface area contributed by atoms with Crippen LogP contribution in [0.2, 0.25) is 0 Å². The molecule has 1 spiro atoms. The molecule has 1 atom stereocenters. The third-order valence-corrected chi connectivity index (χ3v) is 5.96. The molecule has 1 aromatic rings. The van der Waals surface area contributed by atoms with Crippen molar-refractivity contribution in [3.05, 3.63) is 30.1 Å². The van der Waals surface area contributed by atoms with Crippen LogP contribution in [-0.2, 0) is 9.47 Å². The molecular formula is C20H27F2N3O3. The van der Waals surface area contributed by atoms with Gasteiger partial charge in [-0.05, 0) is 31.4 Å². The number of alkyl halides is 2. The molecule has 1 unspecified atom stereocenters. The van der Waals surface area contributed by atoms with Crippen LogP contribution in [0.25, 0.3) is 0 Å². The molecule has 154 valence electrons. The number of nitrogens with zero attached hydrogens (tertiary/aromatic N) is 3. The second kappa shape index (κ2) is 8.00. The van der Waals surface area contributed by atoms with Gasteiger partial charge in [0.05, 0.1) is 31.9 Å². The van der Waals surface area contributed by atoms with Gasteiger partial charge in [0, 0.05) is 44.4 Å². The molecule has 6 nitrogen and oxygen atoms in total. The number of amides is 1. The van der Waals surface area contributed by atoms with Crippen LogP contribution in [0.4, 0.5) is 8.78 Å². The van der Waals surface area contributed by atoms with Gasteiger partial charge in [-0.3, -0.25) is 14.7 Å². The van der Waals surface area contributed by atoms with Crippen molar-refractivity contribution in [3.63, 3.8) is 0 Å². The first-order chi connectivity index (χ1) is 13.5. The molecule has 3 fully saturated rings. The monoisotopic (exact) mass is 395 g/mol. The minimum Gasteiger partial charge on any atom is -0.347 e. The Hall–Kier alpha value is -1.64. The van der Waals surface area contributed by atoms with Crippen LogP contribution in [0.5, 0.6) is 0 Å². The number of rotatable bonds is 2. The maximum Gasteiger partial charge on any atom is 0.255 e. The quantitative estimate of drug-likeness (QED) is 0.770. The van der Waals surface area contributed by atoms with E-state index >= 15 is 0 Å². The summed E-state index contributed by atoms with van der Waals surface area (Å²) in [5, 5.41) is 0. The van der Waals surface area contributed by atoms with Gasteiger partial charge in [-0.15, -0.1) is 0 Å². The standard InChI is InChI=1S/C20H27F2N3O3/c21-19(22)6-4-17(5-7-19)24-9-2-11-27-20(14-24)15-25(10-12-28-20)18(26)16-3-1-8-23-13-16/h1,3,8,13,17H,2,4-7,9-12,14-15H2. The second-order valence-electron chi connectivity index (χ2n) is 7.99. The number of aromatic nitrogens is 1. The smallest absolute Gasteiger partial charge is 0.255 e. The van der Waals surface area contributed by atoms with Gasteiger partial charge in [-0.25, -0.2) is 8.78 Å². The Morgan fingerprint density at radius 1 is 1.14 bits per heavy atom. The Morgan fingerprint density at radius 3 is 2.68 bits per heavy atom. The Morgan fingerprint density at radius 2 is 1.93 bits per heavy atom. The van der Waals surface area contributed by atoms with Crippen LogP contribution in [0, 0.1) is 0 Å². The number of carbonyl (C=O) groups is 1. The number of halogens is 2. The second-order valence-corrected chi connectivity index (χ2v) is 7.99. The largest absolute Gasteiger partial charge is 0.347 e. The van der Waals surface area contributed by atoms with Crippen molar-refractivity contribution in [2.24, 2.45) is 0 Å². The predicted molar refractivity (Wildman–Crippen MR) is 98.2 cm³/mol. The highest BCUT2D eigenvalue weighted by Gasteiger charge is 2.45. The van der Waals surface area contributed by atoms with Gasteiger partial charge in [-0.2, -0.15) is 0 Å². The van der Waals surface area contributed by atoms with Gasteiger partial charge in [-0.1, -0.05) is 0 Å². The minimum absolute atomic E-state index is 0.0610. The molecule has 0 aromatic carbocycles. The SMILES string of the molecule is O=C(c1cccnc1)N1CCOC2(C1)CN(C1CCC(F)(F)CC1)CCCO2. The summed E-state index contributed by atoms with van der Waals surface area (Å²) >= 11 is 0. The van der Waals surface area contributed by atoms with E-state index in [0.717, 1.165) is 13.0 Å². The van der Waals surface area contributed by atoms with Crippen LogP contribution < -0.4 is 0 Å². The number of hydrogen-bond acceptors (Lipinski definition) is 5. The van der Waals surface area contributed by atoms with E-state index in [1.165, 1.54) is 0 Å². The van der Waals surface area contributed by atoms with Gasteiger partial charge in [0.2, 0.25) is 5.92 Å². The molecule has 2 aliphatic heterocycles. The Bertz CT molecular complexity index is 681. The Labute approximate surface area is 163 Å². The predicted octanol–water partition coefficient (Wildman–Crippen LogP) is 2.55. The van der Waals surface area contributed by atoms with Crippen molar-refractivity contribution in [3.8, 4) is 0 Å². The average Bonchev–Trinajstić information content (AvgIpc) is 2.90. The third-order valence-electron chi connectivity index (χ3n) is 5.96. The highest BCUT2D eigenvalue weighted by molar-refractivity contribution is 5.94. The van der Waals surface area contributed by atoms with Crippen LogP contribution in [0.15, 0.2) is 24.5 Å². The fraction of sp³-hybridized carbons (Fsp3) is 0.700. The molecule has 4 rings (SSSR count). The topological polar surface area (TPSA) is 54.9 Å². The minimum atomic E-state index is -2.54. The fourth-order valence-corrected chi connectivity index (χ4v) is 4.45. The maximum absolute atomic E-state index is 13.6. The van der Waals surface area contributed by atoms with Crippen molar-refractivity contribution >= 4 is 5.91 Å². The molecule has 0 N–H and O–H groups in total. The first-order valence-corrected chi connectivity index (χ1v) is 10.1. The van der Waals surface area contributed by atoms with Crippen LogP contribution in [-0.4, -0.2) is 77.8 Å². The van der Waals surface area contributed by atoms with Crippen LogP contribution in [0.1, 0.15) is 42.5 Å². The molecule has 0 radical (unpaired) electrons. The Balaban J connectivity index is 1.45. The fourth-order valence-electron chi connectivity index (χ4n) is 4.45. The summed E-state index contributed by atoms with van der Waals surface area (Å²) in [6, 6.07) is 3.61. The highest BCUT2D eigenvalue weighted by Crippen LogP contribution is 2.36. The highest BCUT2D eigenvalue weighted by atomic mass is 19.3. The lowest BCUT2D eigenvalue weighted by molar-refractivity contribution is -0.263. The van der Waals surface area contributed by atoms with Crippen molar-refractivity contribution < 1.29 is 23.0 Å². The van der Waals surface area contributed by atoms with E-state index in [-0.39, 0.29) is 24.8 Å². The maximum atomic E-state index is 13.6. The first-order valence-electron chi connectivity index (χ1n) is 10.1. The molecule has 8 heteroatoms. The van der Waals surface area contributed by atoms with E-state index in [1.54, 1.807) is 29.4 Å². The van der Waals surface area contributed by atoms with Gasteiger partial charge in [0.1, 0.15) is 0 Å². The zero-order chi connectivity index (χ0) is 19.6. The summed E-state index contributed by atoms with van der Waals surface area (Å²) in [6.45, 7) is 3.06. The van der Waals surface area contributed by atoms with Crippen molar-refractivity contribution in [1.82, 2.24) is 14.8 Å². The third kappa shape index (κ3) is 4.34. The zero-order valence-corrected chi connectivity index (χ0v) is 16.0. The normalized spacial score (nSPS) is 29.6. The lowest BCUT2D eigenvalue weighted by Gasteiger charge is -2.45. The van der Waals surface area contributed by atoms with Crippen molar-refractivity contribution in [1.29, 1.82) is 0 Å². The number of carbonyl (C=O) groups excluding carboxylic acids is 1. The van der Waals surface area contributed by atoms with Gasteiger partial charge in [0.25, 0.3) is 5.91 Å². The lowest BCUT2D eigenvalue weighted by Crippen LogP contribution is -2.60. The van der Waals surface area contributed by atoms with E-state index in [4.69, 9.17) is 9.47 Å². The summed E-state index contributed by atoms with van der Waals surface area (Å²) in [5.74, 6) is -3.52. The number of hydrogen-bond donors (Lipinski definition) is 0. The van der Waals surface area contributed by atoms with E-state index < -0.39 is 11.7 Å². The molecule has 3 aliphatic rings. The molecule has 1 aromatic heterocycles. The molecule has 28 heavy (non-hydrogen) atoms. The van der Waals surface area contributed by atoms with Crippen molar-refractivity contribution in [2.75, 3.05) is 39.4 Å². The van der Waals surface area contributed by atoms with Gasteiger partial charge in [0.15, 0.2) is 5.79 Å². The van der Waals surface area contributed by atoms with Crippen LogP contribution in [0.3, 0.4) is 0 Å². The number of pyridine rings is 1. The molecule has 3 heterocycles. The summed E-state index contributed by atoms with van der Waals surface area (Å²) < 4.78 is 39.2. The molecular weight excluding hydrogens is 368 g/mol. The molecule has 0 bridgehead atoms. The van der Waals surface area contributed by atoms with E-state index in [2.05, 4.69) is 9.88 Å². The number of morpholine rings is 1. The molecule has 1 aliphatic carbocycles. The van der Waals surface area contributed by atoms with Crippen molar-refractivity contribution in [2.45, 2.75) is 49.9 Å². The average molecular weight is 395 g/mol. The van der Waals surface area contributed by atoms with Gasteiger partial charge >= 0.3 is 0 Å². The summed E-state index contributed by atoms with van der Waals surface area (Å²) in [5.41, 5.74) is 0.541. The Kier molecular flexibility index (Phi) is 5.62. The summed E-state index contributed by atoms with van der Waals surface area (Å²) in [7, 11) is 0. The van der Waals surface area contributed by atoms with E-state index in [0.29, 0.717) is 51.3 Å². The van der Waals surface area contributed by atoms with E-state index in [9.17, 15) is 13.6 Å². The van der Waals surface area contributed by atoms with Crippen LogP contribution >= 0.6 is 0 Å². The summed E-state index contributed by atoms with van der Waals surface area (Å²) in [4.78, 5) is 20.9. The lowest BCUT2D eigenvalue weighted by atomic mass is 9.90. The summed E-state index contributed by atoms with van der Waals surface area (Å²) in [6.07, 6.45) is 4.88. The molecule has 1 amide bonds. The van der Waals surface area contributed by atoms with E-state index in [1.807, 2.05) is 0 Å². The molecule has 1 saturated carbocycles. The van der Waals surface area contributed by atoms with Gasteiger partial charge < -0.3 is 14.4 Å². The number of ether oxygens (including phenoxy) is 2. The first kappa shape index (κ1) is 19.7. The molecule has 2 saturated heterocycles. The zero-order valence-electron chi connectivity index (χ0n) is 16.0.